The number of carbonyl (C=O) groups is 4. The lowest BCUT2D eigenvalue weighted by atomic mass is 9.86. The highest BCUT2D eigenvalue weighted by molar-refractivity contribution is 5.76. The molecule has 4 N–H and O–H groups in total. The van der Waals surface area contributed by atoms with Crippen molar-refractivity contribution in [2.24, 2.45) is 0 Å². The molecular weight excluding hydrogens is 592 g/mol. The Bertz CT molecular complexity index is 1140. The van der Waals surface area contributed by atoms with Crippen LogP contribution in [0.15, 0.2) is 24.3 Å². The van der Waals surface area contributed by atoms with Gasteiger partial charge in [-0.3, -0.25) is 38.8 Å². The zero-order valence-electron chi connectivity index (χ0n) is 28.7. The molecule has 1 aromatic rings. The summed E-state index contributed by atoms with van der Waals surface area (Å²) in [5, 5.41) is 40.5. The van der Waals surface area contributed by atoms with E-state index < -0.39 is 36.0 Å². The number of hydrogen-bond acceptors (Lipinski definition) is 8. The number of benzene rings is 1. The minimum Gasteiger partial charge on any atom is -0.480 e. The van der Waals surface area contributed by atoms with Crippen LogP contribution in [-0.4, -0.2) is 134 Å². The molecule has 1 unspecified atom stereocenters. The molecule has 0 spiro atoms. The van der Waals surface area contributed by atoms with Crippen molar-refractivity contribution in [3.05, 3.63) is 35.4 Å². The lowest BCUT2D eigenvalue weighted by Gasteiger charge is -2.46. The van der Waals surface area contributed by atoms with Gasteiger partial charge in [0.1, 0.15) is 6.04 Å². The summed E-state index contributed by atoms with van der Waals surface area (Å²) in [4.78, 5) is 57.0. The molecule has 0 bridgehead atoms. The molecule has 0 aromatic heterocycles. The van der Waals surface area contributed by atoms with E-state index in [1.807, 2.05) is 71.6 Å². The Hall–Kier alpha value is -3.06. The van der Waals surface area contributed by atoms with Crippen LogP contribution in [0.4, 0.5) is 0 Å². The third-order valence-corrected chi connectivity index (χ3v) is 9.33. The summed E-state index contributed by atoms with van der Waals surface area (Å²) in [6, 6.07) is 5.12. The van der Waals surface area contributed by atoms with Gasteiger partial charge < -0.3 is 20.4 Å². The van der Waals surface area contributed by atoms with Crippen LogP contribution in [0.2, 0.25) is 0 Å². The fraction of sp³-hybridized carbons (Fsp3) is 0.706. The lowest BCUT2D eigenvalue weighted by molar-refractivity contribution is -0.148. The molecule has 12 heteroatoms. The lowest BCUT2D eigenvalue weighted by Crippen LogP contribution is -2.60. The van der Waals surface area contributed by atoms with Gasteiger partial charge in [0.05, 0.1) is 19.6 Å². The molecule has 5 atom stereocenters. The normalized spacial score (nSPS) is 24.1. The maximum atomic E-state index is 13.2. The minimum atomic E-state index is -1.06. The highest BCUT2D eigenvalue weighted by Crippen LogP contribution is 2.31. The summed E-state index contributed by atoms with van der Waals surface area (Å²) < 4.78 is 0. The molecule has 1 aromatic carbocycles. The summed E-state index contributed by atoms with van der Waals surface area (Å²) >= 11 is 0. The summed E-state index contributed by atoms with van der Waals surface area (Å²) in [6.07, 6.45) is 2.14. The highest BCUT2D eigenvalue weighted by Gasteiger charge is 2.39. The topological polar surface area (TPSA) is 162 Å². The fourth-order valence-corrected chi connectivity index (χ4v) is 6.69. The van der Waals surface area contributed by atoms with E-state index in [9.17, 15) is 39.6 Å². The van der Waals surface area contributed by atoms with Crippen molar-refractivity contribution in [2.45, 2.75) is 110 Å². The summed E-state index contributed by atoms with van der Waals surface area (Å²) in [5.74, 6) is -4.09. The Kier molecular flexibility index (Phi) is 15.1. The first kappa shape index (κ1) is 39.1. The maximum absolute atomic E-state index is 13.2. The monoisotopic (exact) mass is 648 g/mol. The van der Waals surface area contributed by atoms with E-state index in [0.29, 0.717) is 31.2 Å². The van der Waals surface area contributed by atoms with E-state index in [2.05, 4.69) is 20.8 Å². The van der Waals surface area contributed by atoms with Gasteiger partial charge in [-0.15, -0.1) is 0 Å². The average molecular weight is 649 g/mol. The van der Waals surface area contributed by atoms with Crippen LogP contribution in [0.25, 0.3) is 0 Å². The van der Waals surface area contributed by atoms with Gasteiger partial charge >= 0.3 is 23.9 Å². The standard InChI is InChI=1S/C34H56N4O8/c1-8-25-17-36(21-30(41)42)27(10-3)19-38(32(33(45)46)23-12-14-24(15-13-23)34(5,6)7)28(11-4)18-37(22-31(43)44)26(9-2)16-35(25)20-29(39)40/h12-15,25-28,32H,8-11,16-22H2,1-7H3,(H,39,40)(H,41,42)(H,43,44)(H,45,46)/t25-,26-,27-,28-,32?/m1/s1. The van der Waals surface area contributed by atoms with Gasteiger partial charge in [0, 0.05) is 50.3 Å². The van der Waals surface area contributed by atoms with E-state index in [1.54, 1.807) is 0 Å². The van der Waals surface area contributed by atoms with Gasteiger partial charge in [0.15, 0.2) is 0 Å². The van der Waals surface area contributed by atoms with Crippen molar-refractivity contribution in [1.82, 2.24) is 19.6 Å². The van der Waals surface area contributed by atoms with Crippen molar-refractivity contribution in [1.29, 1.82) is 0 Å². The molecule has 0 saturated carbocycles. The van der Waals surface area contributed by atoms with Crippen molar-refractivity contribution < 1.29 is 39.6 Å². The van der Waals surface area contributed by atoms with Crippen molar-refractivity contribution in [3.63, 3.8) is 0 Å². The van der Waals surface area contributed by atoms with Crippen LogP contribution >= 0.6 is 0 Å². The van der Waals surface area contributed by atoms with Gasteiger partial charge in [-0.1, -0.05) is 72.7 Å². The fourth-order valence-electron chi connectivity index (χ4n) is 6.69. The summed E-state index contributed by atoms with van der Waals surface area (Å²) in [7, 11) is 0. The second kappa shape index (κ2) is 17.7. The Labute approximate surface area is 274 Å². The zero-order valence-corrected chi connectivity index (χ0v) is 28.7. The Morgan fingerprint density at radius 3 is 1.28 bits per heavy atom. The van der Waals surface area contributed by atoms with Crippen LogP contribution in [0, 0.1) is 0 Å². The number of hydrogen-bond donors (Lipinski definition) is 4. The van der Waals surface area contributed by atoms with Crippen molar-refractivity contribution in [2.75, 3.05) is 45.8 Å². The number of aliphatic carboxylic acids is 4. The van der Waals surface area contributed by atoms with E-state index in [-0.39, 0.29) is 69.4 Å². The first-order valence-electron chi connectivity index (χ1n) is 16.5. The van der Waals surface area contributed by atoms with Crippen LogP contribution < -0.4 is 0 Å². The molecule has 0 radical (unpaired) electrons. The van der Waals surface area contributed by atoms with Gasteiger partial charge in [-0.2, -0.15) is 0 Å². The first-order valence-corrected chi connectivity index (χ1v) is 16.5. The minimum absolute atomic E-state index is 0.127. The Morgan fingerprint density at radius 2 is 0.978 bits per heavy atom. The van der Waals surface area contributed by atoms with E-state index >= 15 is 0 Å². The van der Waals surface area contributed by atoms with Crippen molar-refractivity contribution >= 4 is 23.9 Å². The second-order valence-electron chi connectivity index (χ2n) is 13.5. The van der Waals surface area contributed by atoms with Crippen LogP contribution in [0.1, 0.15) is 91.3 Å². The number of rotatable bonds is 13. The molecule has 0 aliphatic carbocycles. The molecule has 1 aliphatic heterocycles. The summed E-state index contributed by atoms with van der Waals surface area (Å²) in [6.45, 7) is 14.2. The molecule has 46 heavy (non-hydrogen) atoms. The number of carboxylic acids is 4. The van der Waals surface area contributed by atoms with Gasteiger partial charge in [-0.25, -0.2) is 0 Å². The zero-order chi connectivity index (χ0) is 34.8. The molecule has 1 saturated heterocycles. The predicted molar refractivity (Wildman–Crippen MR) is 176 cm³/mol. The number of carboxylic acid groups (broad SMARTS) is 4. The Morgan fingerprint density at radius 1 is 0.630 bits per heavy atom. The molecule has 1 heterocycles. The summed E-state index contributed by atoms with van der Waals surface area (Å²) in [5.41, 5.74) is 1.54. The van der Waals surface area contributed by atoms with E-state index in [1.165, 1.54) is 0 Å². The Balaban J connectivity index is 2.81. The molecule has 2 rings (SSSR count). The first-order chi connectivity index (χ1) is 21.6. The number of nitrogens with zero attached hydrogens (tertiary/aromatic N) is 4. The van der Waals surface area contributed by atoms with Gasteiger partial charge in [0.25, 0.3) is 0 Å². The molecule has 12 nitrogen and oxygen atoms in total. The smallest absolute Gasteiger partial charge is 0.325 e. The van der Waals surface area contributed by atoms with Gasteiger partial charge in [0.2, 0.25) is 0 Å². The predicted octanol–water partition coefficient (Wildman–Crippen LogP) is 3.70. The maximum Gasteiger partial charge on any atom is 0.325 e. The molecule has 1 fully saturated rings. The van der Waals surface area contributed by atoms with Crippen LogP contribution in [-0.2, 0) is 24.6 Å². The largest absolute Gasteiger partial charge is 0.480 e. The quantitative estimate of drug-likeness (QED) is 0.246. The van der Waals surface area contributed by atoms with Crippen LogP contribution in [0.5, 0.6) is 0 Å². The highest BCUT2D eigenvalue weighted by atomic mass is 16.4. The molecule has 260 valence electrons. The molecule has 1 aliphatic rings. The average Bonchev–Trinajstić information content (AvgIpc) is 2.96. The SMILES string of the molecule is CC[C@@H]1CN(CC(=O)O)[C@H](CC)CN(C(C(=O)O)c2ccc(C(C)(C)C)cc2)[C@H](CC)CN(CC(=O)O)[C@H](CC)CN1CC(=O)O. The third-order valence-electron chi connectivity index (χ3n) is 9.33. The van der Waals surface area contributed by atoms with Crippen LogP contribution in [0.3, 0.4) is 0 Å². The molecule has 0 amide bonds. The van der Waals surface area contributed by atoms with Crippen molar-refractivity contribution in [3.8, 4) is 0 Å². The van der Waals surface area contributed by atoms with E-state index in [0.717, 1.165) is 5.56 Å². The molecular formula is C34H56N4O8. The van der Waals surface area contributed by atoms with E-state index in [4.69, 9.17) is 0 Å². The van der Waals surface area contributed by atoms with Gasteiger partial charge in [-0.05, 0) is 42.2 Å². The second-order valence-corrected chi connectivity index (χ2v) is 13.5. The third kappa shape index (κ3) is 11.0.